The van der Waals surface area contributed by atoms with Gasteiger partial charge in [0.1, 0.15) is 10.7 Å². The Labute approximate surface area is 169 Å². The summed E-state index contributed by atoms with van der Waals surface area (Å²) < 4.78 is 0.659. The summed E-state index contributed by atoms with van der Waals surface area (Å²) in [5, 5.41) is 7.39. The number of aryl methyl sites for hydroxylation is 1. The van der Waals surface area contributed by atoms with Gasteiger partial charge in [0.2, 0.25) is 6.10 Å². The number of hydrogen-bond donors (Lipinski definition) is 2. The highest BCUT2D eigenvalue weighted by Gasteiger charge is 2.32. The first-order valence-corrected chi connectivity index (χ1v) is 10.8. The van der Waals surface area contributed by atoms with E-state index in [0.29, 0.717) is 27.0 Å². The van der Waals surface area contributed by atoms with E-state index in [1.807, 2.05) is 6.07 Å². The third-order valence-corrected chi connectivity index (χ3v) is 7.21. The number of nitrogens with one attached hydrogen (secondary N) is 1. The fourth-order valence-corrected chi connectivity index (χ4v) is 5.75. The summed E-state index contributed by atoms with van der Waals surface area (Å²) in [5.74, 6) is -0.822. The predicted octanol–water partition coefficient (Wildman–Crippen LogP) is 3.96. The average molecular weight is 424 g/mol. The molecule has 0 spiro atoms. The molecule has 2 amide bonds. The van der Waals surface area contributed by atoms with Crippen LogP contribution in [0.1, 0.15) is 51.4 Å². The maximum atomic E-state index is 12.7. The minimum absolute atomic E-state index is 0.324. The maximum Gasteiger partial charge on any atom is 0.269 e. The van der Waals surface area contributed by atoms with Crippen LogP contribution in [0.25, 0.3) is 0 Å². The van der Waals surface area contributed by atoms with Crippen molar-refractivity contribution in [2.75, 3.05) is 5.32 Å². The van der Waals surface area contributed by atoms with Crippen molar-refractivity contribution in [3.63, 3.8) is 0 Å². The number of oxime groups is 1. The van der Waals surface area contributed by atoms with Crippen molar-refractivity contribution in [3.8, 4) is 0 Å². The number of amides is 2. The lowest BCUT2D eigenvalue weighted by atomic mass is 10.0. The summed E-state index contributed by atoms with van der Waals surface area (Å²) >= 11 is 8.80. The van der Waals surface area contributed by atoms with Crippen LogP contribution in [0, 0.1) is 0 Å². The summed E-state index contributed by atoms with van der Waals surface area (Å²) in [7, 11) is 0. The fourth-order valence-electron chi connectivity index (χ4n) is 3.42. The van der Waals surface area contributed by atoms with Crippen molar-refractivity contribution in [1.29, 1.82) is 0 Å². The molecule has 2 aromatic heterocycles. The normalized spacial score (nSPS) is 19.0. The third-order valence-electron chi connectivity index (χ3n) is 4.72. The molecule has 142 valence electrons. The van der Waals surface area contributed by atoms with Crippen LogP contribution in [-0.4, -0.2) is 23.6 Å². The van der Waals surface area contributed by atoms with Crippen molar-refractivity contribution < 1.29 is 14.4 Å². The number of rotatable bonds is 4. The predicted molar refractivity (Wildman–Crippen MR) is 108 cm³/mol. The van der Waals surface area contributed by atoms with E-state index >= 15 is 0 Å². The minimum atomic E-state index is -0.733. The lowest BCUT2D eigenvalue weighted by Gasteiger charge is -2.09. The zero-order chi connectivity index (χ0) is 19.0. The van der Waals surface area contributed by atoms with Gasteiger partial charge in [-0.25, -0.2) is 0 Å². The van der Waals surface area contributed by atoms with Crippen molar-refractivity contribution in [1.82, 2.24) is 0 Å². The maximum absolute atomic E-state index is 12.7. The molecule has 2 aliphatic rings. The number of carbonyl (C=O) groups is 2. The Morgan fingerprint density at radius 3 is 2.78 bits per heavy atom. The summed E-state index contributed by atoms with van der Waals surface area (Å²) in [4.78, 5) is 32.0. The molecular formula is C18H18ClN3O3S2. The number of halogens is 1. The van der Waals surface area contributed by atoms with Crippen molar-refractivity contribution in [2.45, 2.75) is 44.6 Å². The van der Waals surface area contributed by atoms with Gasteiger partial charge in [0.25, 0.3) is 11.8 Å². The molecule has 9 heteroatoms. The molecule has 0 saturated heterocycles. The van der Waals surface area contributed by atoms with Gasteiger partial charge in [-0.05, 0) is 43.4 Å². The Morgan fingerprint density at radius 2 is 2.04 bits per heavy atom. The highest BCUT2D eigenvalue weighted by molar-refractivity contribution is 7.18. The molecule has 3 heterocycles. The van der Waals surface area contributed by atoms with Crippen LogP contribution in [0.4, 0.5) is 5.00 Å². The molecule has 0 saturated carbocycles. The second-order valence-corrected chi connectivity index (χ2v) is 9.38. The summed E-state index contributed by atoms with van der Waals surface area (Å²) in [6, 6.07) is 3.65. The highest BCUT2D eigenvalue weighted by Crippen LogP contribution is 2.37. The van der Waals surface area contributed by atoms with Gasteiger partial charge < -0.3 is 15.9 Å². The molecule has 3 N–H and O–H groups in total. The number of thiophene rings is 2. The lowest BCUT2D eigenvalue weighted by molar-refractivity contribution is -0.125. The summed E-state index contributed by atoms with van der Waals surface area (Å²) in [5.41, 5.74) is 7.76. The van der Waals surface area contributed by atoms with Gasteiger partial charge in [0.05, 0.1) is 14.8 Å². The first kappa shape index (κ1) is 18.5. The monoisotopic (exact) mass is 423 g/mol. The number of hydrogen-bond acceptors (Lipinski definition) is 6. The Morgan fingerprint density at radius 1 is 1.22 bits per heavy atom. The van der Waals surface area contributed by atoms with Crippen molar-refractivity contribution >= 4 is 56.8 Å². The van der Waals surface area contributed by atoms with E-state index in [0.717, 1.165) is 47.4 Å². The van der Waals surface area contributed by atoms with E-state index in [1.165, 1.54) is 22.7 Å². The molecule has 1 aliphatic heterocycles. The van der Waals surface area contributed by atoms with Gasteiger partial charge in [-0.3, -0.25) is 9.59 Å². The number of fused-ring (bicyclic) bond motifs is 1. The van der Waals surface area contributed by atoms with Gasteiger partial charge >= 0.3 is 0 Å². The molecule has 0 bridgehead atoms. The van der Waals surface area contributed by atoms with Crippen LogP contribution in [0.2, 0.25) is 4.34 Å². The van der Waals surface area contributed by atoms with Gasteiger partial charge in [-0.15, -0.1) is 22.7 Å². The molecule has 1 atom stereocenters. The molecule has 1 aliphatic carbocycles. The van der Waals surface area contributed by atoms with E-state index in [1.54, 1.807) is 6.07 Å². The largest absolute Gasteiger partial charge is 0.382 e. The lowest BCUT2D eigenvalue weighted by Crippen LogP contribution is -2.28. The van der Waals surface area contributed by atoms with Crippen LogP contribution < -0.4 is 11.1 Å². The van der Waals surface area contributed by atoms with Crippen LogP contribution >= 0.6 is 34.3 Å². The highest BCUT2D eigenvalue weighted by atomic mass is 35.5. The molecule has 0 unspecified atom stereocenters. The topological polar surface area (TPSA) is 93.8 Å². The van der Waals surface area contributed by atoms with E-state index in [-0.39, 0.29) is 5.91 Å². The fraction of sp³-hybridized carbons (Fsp3) is 0.389. The zero-order valence-corrected chi connectivity index (χ0v) is 16.8. The molecule has 6 nitrogen and oxygen atoms in total. The molecule has 0 fully saturated rings. The molecule has 2 aromatic rings. The SMILES string of the molecule is NC(=O)c1c(NC(=O)[C@@H]2CC(c3ccc(Cl)s3)=NO2)sc2c1CCCCC2. The number of carbonyl (C=O) groups excluding carboxylic acids is 2. The van der Waals surface area contributed by atoms with E-state index in [4.69, 9.17) is 22.2 Å². The molecule has 0 aromatic carbocycles. The molecular weight excluding hydrogens is 406 g/mol. The summed E-state index contributed by atoms with van der Waals surface area (Å²) in [6.07, 6.45) is 4.64. The second-order valence-electron chi connectivity index (χ2n) is 6.56. The van der Waals surface area contributed by atoms with E-state index < -0.39 is 12.0 Å². The Balaban J connectivity index is 1.50. The smallest absolute Gasteiger partial charge is 0.269 e. The first-order valence-electron chi connectivity index (χ1n) is 8.76. The van der Waals surface area contributed by atoms with E-state index in [9.17, 15) is 9.59 Å². The van der Waals surface area contributed by atoms with Gasteiger partial charge in [-0.1, -0.05) is 23.2 Å². The van der Waals surface area contributed by atoms with Crippen molar-refractivity contribution in [3.05, 3.63) is 37.4 Å². The average Bonchev–Trinajstić information content (AvgIpc) is 3.31. The van der Waals surface area contributed by atoms with Gasteiger partial charge in [0, 0.05) is 11.3 Å². The standard InChI is InChI=1S/C18H18ClN3O3S2/c19-14-7-6-13(26-14)10-8-11(25-22-10)17(24)21-18-15(16(20)23)9-4-2-1-3-5-12(9)27-18/h6-7,11H,1-5,8H2,(H2,20,23)(H,21,24)/t11-/m0/s1. The zero-order valence-electron chi connectivity index (χ0n) is 14.4. The van der Waals surface area contributed by atoms with Crippen molar-refractivity contribution in [2.24, 2.45) is 10.9 Å². The Kier molecular flexibility index (Phi) is 5.21. The molecule has 0 radical (unpaired) electrons. The minimum Gasteiger partial charge on any atom is -0.382 e. The van der Waals surface area contributed by atoms with Gasteiger partial charge in [-0.2, -0.15) is 0 Å². The Bertz CT molecular complexity index is 934. The van der Waals surface area contributed by atoms with Crippen LogP contribution in [0.3, 0.4) is 0 Å². The third kappa shape index (κ3) is 3.74. The Hall–Kier alpha value is -1.90. The van der Waals surface area contributed by atoms with Crippen LogP contribution in [0.15, 0.2) is 17.3 Å². The molecule has 4 rings (SSSR count). The number of nitrogens with two attached hydrogens (primary N) is 1. The van der Waals surface area contributed by atoms with Crippen LogP contribution in [-0.2, 0) is 22.5 Å². The second kappa shape index (κ2) is 7.61. The number of anilines is 1. The van der Waals surface area contributed by atoms with E-state index in [2.05, 4.69) is 10.5 Å². The van der Waals surface area contributed by atoms with Gasteiger partial charge in [0.15, 0.2) is 0 Å². The van der Waals surface area contributed by atoms with Crippen LogP contribution in [0.5, 0.6) is 0 Å². The number of primary amides is 1. The first-order chi connectivity index (χ1) is 13.0. The summed E-state index contributed by atoms with van der Waals surface area (Å²) in [6.45, 7) is 0. The number of nitrogens with zero attached hydrogens (tertiary/aromatic N) is 1. The quantitative estimate of drug-likeness (QED) is 0.728. The molecule has 27 heavy (non-hydrogen) atoms.